The van der Waals surface area contributed by atoms with Gasteiger partial charge in [0.1, 0.15) is 0 Å². The van der Waals surface area contributed by atoms with Crippen molar-refractivity contribution in [1.29, 1.82) is 0 Å². The van der Waals surface area contributed by atoms with E-state index in [2.05, 4.69) is 0 Å². The maximum atomic E-state index is 11.1. The maximum Gasteiger partial charge on any atom is 2.00 e. The van der Waals surface area contributed by atoms with Crippen LogP contribution in [0.3, 0.4) is 0 Å². The fourth-order valence-electron chi connectivity index (χ4n) is 1.86. The van der Waals surface area contributed by atoms with Crippen LogP contribution in [0.1, 0.15) is 31.8 Å². The van der Waals surface area contributed by atoms with E-state index >= 15 is 0 Å². The Morgan fingerprint density at radius 2 is 1.48 bits per heavy atom. The third-order valence-corrected chi connectivity index (χ3v) is 2.78. The zero-order valence-corrected chi connectivity index (χ0v) is 11.6. The molecular formula is C16H10CuO4. The van der Waals surface area contributed by atoms with E-state index < -0.39 is 11.9 Å². The monoisotopic (exact) mass is 329 g/mol. The fraction of sp³-hybridized carbons (Fsp3) is 0. The number of rotatable bonds is 4. The molecule has 4 nitrogen and oxygen atoms in total. The number of carboxylic acid groups (broad SMARTS) is 2. The number of carboxylic acids is 2. The first kappa shape index (κ1) is 16.7. The van der Waals surface area contributed by atoms with Crippen molar-refractivity contribution < 1.29 is 36.9 Å². The minimum Gasteiger partial charge on any atom is -0.545 e. The molecule has 0 bridgehead atoms. The topological polar surface area (TPSA) is 80.3 Å². The third kappa shape index (κ3) is 4.05. The Morgan fingerprint density at radius 3 is 2.05 bits per heavy atom. The maximum absolute atomic E-state index is 11.1. The Labute approximate surface area is 132 Å². The predicted octanol–water partition coefficient (Wildman–Crippen LogP) is 0.581. The van der Waals surface area contributed by atoms with Crippen molar-refractivity contribution in [3.05, 3.63) is 70.8 Å². The summed E-state index contributed by atoms with van der Waals surface area (Å²) in [7, 11) is 0. The molecule has 0 aliphatic heterocycles. The zero-order valence-electron chi connectivity index (χ0n) is 10.7. The van der Waals surface area contributed by atoms with Crippen molar-refractivity contribution in [2.45, 2.75) is 0 Å². The number of benzene rings is 2. The van der Waals surface area contributed by atoms with Crippen molar-refractivity contribution >= 4 is 24.1 Å². The molecule has 0 aliphatic carbocycles. The Balaban J connectivity index is 0.00000220. The molecule has 21 heavy (non-hydrogen) atoms. The van der Waals surface area contributed by atoms with Gasteiger partial charge in [0.05, 0.1) is 11.9 Å². The second-order valence-electron chi connectivity index (χ2n) is 4.09. The van der Waals surface area contributed by atoms with Gasteiger partial charge >= 0.3 is 17.1 Å². The molecule has 0 spiro atoms. The van der Waals surface area contributed by atoms with E-state index in [1.807, 2.05) is 30.3 Å². The van der Waals surface area contributed by atoms with E-state index in [9.17, 15) is 19.8 Å². The minimum absolute atomic E-state index is 0. The van der Waals surface area contributed by atoms with E-state index in [1.165, 1.54) is 24.3 Å². The van der Waals surface area contributed by atoms with Crippen molar-refractivity contribution in [2.24, 2.45) is 0 Å². The van der Waals surface area contributed by atoms with E-state index in [0.29, 0.717) is 0 Å². The van der Waals surface area contributed by atoms with Gasteiger partial charge in [0.25, 0.3) is 0 Å². The summed E-state index contributed by atoms with van der Waals surface area (Å²) in [5, 5.41) is 22.0. The van der Waals surface area contributed by atoms with Crippen molar-refractivity contribution in [3.8, 4) is 0 Å². The summed E-state index contributed by atoms with van der Waals surface area (Å²) in [5.74, 6) is -3.09. The second-order valence-corrected chi connectivity index (χ2v) is 4.09. The average molecular weight is 330 g/mol. The molecule has 0 saturated carbocycles. The first-order valence-electron chi connectivity index (χ1n) is 5.88. The number of hydrogen-bond donors (Lipinski definition) is 0. The van der Waals surface area contributed by atoms with Crippen molar-refractivity contribution in [2.75, 3.05) is 0 Å². The standard InChI is InChI=1S/C16H12O4.Cu/c17-15(18)13-8-4-7-12(14(13)16(19)20)10-9-11-5-2-1-3-6-11;/h1-10H,(H,17,18)(H,19,20);/q;+2/p-2. The zero-order chi connectivity index (χ0) is 14.5. The predicted molar refractivity (Wildman–Crippen MR) is 70.5 cm³/mol. The van der Waals surface area contributed by atoms with Gasteiger partial charge in [-0.15, -0.1) is 0 Å². The van der Waals surface area contributed by atoms with Gasteiger partial charge in [-0.25, -0.2) is 0 Å². The van der Waals surface area contributed by atoms with Crippen LogP contribution < -0.4 is 10.2 Å². The van der Waals surface area contributed by atoms with Crippen LogP contribution in [0.5, 0.6) is 0 Å². The normalized spacial score (nSPS) is 10.1. The Hall–Kier alpha value is -2.36. The van der Waals surface area contributed by atoms with Crippen molar-refractivity contribution in [1.82, 2.24) is 0 Å². The SMILES string of the molecule is O=C([O-])c1cccc(C=Cc2ccccc2)c1C(=O)[O-].[Cu+2]. The molecule has 0 amide bonds. The van der Waals surface area contributed by atoms with Crippen LogP contribution in [0.2, 0.25) is 0 Å². The summed E-state index contributed by atoms with van der Waals surface area (Å²) in [6, 6.07) is 13.4. The third-order valence-electron chi connectivity index (χ3n) is 2.78. The largest absolute Gasteiger partial charge is 2.00 e. The number of hydrogen-bond acceptors (Lipinski definition) is 4. The molecule has 2 rings (SSSR count). The van der Waals surface area contributed by atoms with E-state index in [1.54, 1.807) is 6.08 Å². The van der Waals surface area contributed by atoms with E-state index in [0.717, 1.165) is 5.56 Å². The summed E-state index contributed by atoms with van der Waals surface area (Å²) >= 11 is 0. The second kappa shape index (κ2) is 7.43. The molecule has 2 aromatic rings. The van der Waals surface area contributed by atoms with Gasteiger partial charge < -0.3 is 19.8 Å². The van der Waals surface area contributed by atoms with Crippen molar-refractivity contribution in [3.63, 3.8) is 0 Å². The van der Waals surface area contributed by atoms with Gasteiger partial charge in [0.2, 0.25) is 0 Å². The molecule has 0 N–H and O–H groups in total. The molecule has 1 radical (unpaired) electrons. The van der Waals surface area contributed by atoms with Gasteiger partial charge in [-0.1, -0.05) is 60.7 Å². The van der Waals surface area contributed by atoms with E-state index in [-0.39, 0.29) is 33.8 Å². The van der Waals surface area contributed by atoms with Crippen LogP contribution in [-0.2, 0) is 17.1 Å². The molecule has 5 heteroatoms. The van der Waals surface area contributed by atoms with Crippen LogP contribution >= 0.6 is 0 Å². The minimum atomic E-state index is -1.54. The van der Waals surface area contributed by atoms with E-state index in [4.69, 9.17) is 0 Å². The molecule has 0 aromatic heterocycles. The summed E-state index contributed by atoms with van der Waals surface area (Å²) in [4.78, 5) is 22.0. The smallest absolute Gasteiger partial charge is 0.545 e. The fourth-order valence-corrected chi connectivity index (χ4v) is 1.86. The Morgan fingerprint density at radius 1 is 0.810 bits per heavy atom. The van der Waals surface area contributed by atoms with Gasteiger partial charge in [0, 0.05) is 11.1 Å². The summed E-state index contributed by atoms with van der Waals surface area (Å²) in [5.41, 5.74) is 0.367. The van der Waals surface area contributed by atoms with Crippen LogP contribution in [0.25, 0.3) is 12.2 Å². The molecule has 0 saturated heterocycles. The molecule has 0 unspecified atom stereocenters. The summed E-state index contributed by atoms with van der Waals surface area (Å²) < 4.78 is 0. The van der Waals surface area contributed by atoms with Gasteiger partial charge in [0.15, 0.2) is 0 Å². The van der Waals surface area contributed by atoms with Crippen LogP contribution in [0.15, 0.2) is 48.5 Å². The first-order valence-corrected chi connectivity index (χ1v) is 5.88. The molecular weight excluding hydrogens is 320 g/mol. The average Bonchev–Trinajstić information content (AvgIpc) is 2.45. The van der Waals surface area contributed by atoms with Crippen LogP contribution in [0.4, 0.5) is 0 Å². The molecule has 2 aromatic carbocycles. The first-order chi connectivity index (χ1) is 9.59. The van der Waals surface area contributed by atoms with Crippen LogP contribution in [-0.4, -0.2) is 11.9 Å². The Kier molecular flexibility index (Phi) is 5.91. The van der Waals surface area contributed by atoms with Crippen LogP contribution in [0, 0.1) is 0 Å². The van der Waals surface area contributed by atoms with Gasteiger partial charge in [-0.3, -0.25) is 0 Å². The molecule has 0 aliphatic rings. The number of carbonyl (C=O) groups is 2. The summed E-state index contributed by atoms with van der Waals surface area (Å²) in [6.07, 6.45) is 3.23. The molecule has 0 atom stereocenters. The molecule has 109 valence electrons. The number of carbonyl (C=O) groups excluding carboxylic acids is 2. The summed E-state index contributed by atoms with van der Waals surface area (Å²) in [6.45, 7) is 0. The Bertz CT molecular complexity index is 678. The molecule has 0 heterocycles. The number of aromatic carboxylic acids is 2. The van der Waals surface area contributed by atoms with Gasteiger partial charge in [-0.2, -0.15) is 0 Å². The van der Waals surface area contributed by atoms with Gasteiger partial charge in [-0.05, 0) is 11.1 Å². The molecule has 0 fully saturated rings. The quantitative estimate of drug-likeness (QED) is 0.607.